The van der Waals surface area contributed by atoms with Crippen molar-refractivity contribution in [3.8, 4) is 11.4 Å². The summed E-state index contributed by atoms with van der Waals surface area (Å²) in [6, 6.07) is 6.36. The summed E-state index contributed by atoms with van der Waals surface area (Å²) in [7, 11) is 0. The fourth-order valence-electron chi connectivity index (χ4n) is 1.90. The maximum atomic E-state index is 5.86. The molecule has 2 aromatic rings. The maximum absolute atomic E-state index is 5.86. The van der Waals surface area contributed by atoms with Crippen molar-refractivity contribution in [1.29, 1.82) is 0 Å². The Labute approximate surface area is 116 Å². The van der Waals surface area contributed by atoms with Gasteiger partial charge in [0.2, 0.25) is 0 Å². The molecule has 0 radical (unpaired) electrons. The number of thioether (sulfide) groups is 1. The highest BCUT2D eigenvalue weighted by atomic mass is 35.5. The molecule has 0 saturated carbocycles. The molecule has 1 heterocycles. The molecule has 94 valence electrons. The van der Waals surface area contributed by atoms with E-state index in [1.165, 1.54) is 11.1 Å². The van der Waals surface area contributed by atoms with Gasteiger partial charge in [0.25, 0.3) is 0 Å². The molecule has 0 spiro atoms. The van der Waals surface area contributed by atoms with Gasteiger partial charge in [-0.2, -0.15) is 11.8 Å². The second-order valence-corrected chi connectivity index (χ2v) is 5.46. The van der Waals surface area contributed by atoms with Gasteiger partial charge in [0.1, 0.15) is 5.82 Å². The number of halogens is 1. The molecule has 2 nitrogen and oxygen atoms in total. The van der Waals surface area contributed by atoms with Gasteiger partial charge < -0.3 is 4.98 Å². The van der Waals surface area contributed by atoms with E-state index in [9.17, 15) is 0 Å². The molecule has 1 aromatic heterocycles. The molecule has 0 bridgehead atoms. The van der Waals surface area contributed by atoms with Crippen LogP contribution in [-0.2, 0) is 12.2 Å². The molecule has 4 heteroatoms. The molecule has 1 aromatic carbocycles. The Morgan fingerprint density at radius 1 is 1.50 bits per heavy atom. The molecule has 0 aliphatic rings. The van der Waals surface area contributed by atoms with Crippen LogP contribution in [0.3, 0.4) is 0 Å². The van der Waals surface area contributed by atoms with Crippen LogP contribution in [0.1, 0.15) is 11.1 Å². The maximum Gasteiger partial charge on any atom is 0.137 e. The fraction of sp³-hybridized carbons (Fsp3) is 0.214. The van der Waals surface area contributed by atoms with Crippen LogP contribution in [0.2, 0.25) is 0 Å². The summed E-state index contributed by atoms with van der Waals surface area (Å²) in [4.78, 5) is 7.46. The lowest BCUT2D eigenvalue weighted by Crippen LogP contribution is -1.93. The minimum atomic E-state index is 0.663. The van der Waals surface area contributed by atoms with E-state index >= 15 is 0 Å². The molecule has 0 aliphatic heterocycles. The summed E-state index contributed by atoms with van der Waals surface area (Å²) < 4.78 is 0. The van der Waals surface area contributed by atoms with Crippen molar-refractivity contribution in [2.45, 2.75) is 12.2 Å². The molecular formula is C14H15ClN2S. The lowest BCUT2D eigenvalue weighted by Gasteiger charge is -2.09. The zero-order chi connectivity index (χ0) is 13.0. The topological polar surface area (TPSA) is 28.7 Å². The summed E-state index contributed by atoms with van der Waals surface area (Å²) in [6.45, 7) is 3.74. The van der Waals surface area contributed by atoms with Crippen molar-refractivity contribution in [1.82, 2.24) is 9.97 Å². The highest BCUT2D eigenvalue weighted by Crippen LogP contribution is 2.25. The van der Waals surface area contributed by atoms with Gasteiger partial charge in [-0.3, -0.25) is 0 Å². The van der Waals surface area contributed by atoms with Crippen LogP contribution in [0.5, 0.6) is 0 Å². The molecule has 2 rings (SSSR count). The van der Waals surface area contributed by atoms with E-state index in [0.717, 1.165) is 17.1 Å². The third kappa shape index (κ3) is 3.18. The van der Waals surface area contributed by atoms with Crippen molar-refractivity contribution in [2.24, 2.45) is 0 Å². The molecule has 0 aliphatic carbocycles. The lowest BCUT2D eigenvalue weighted by atomic mass is 10.0. The van der Waals surface area contributed by atoms with Crippen LogP contribution in [0.25, 0.3) is 11.4 Å². The summed E-state index contributed by atoms with van der Waals surface area (Å²) in [5.41, 5.74) is 3.61. The third-order valence-electron chi connectivity index (χ3n) is 2.62. The van der Waals surface area contributed by atoms with Crippen molar-refractivity contribution < 1.29 is 0 Å². The van der Waals surface area contributed by atoms with Gasteiger partial charge >= 0.3 is 0 Å². The number of imidazole rings is 1. The second-order valence-electron chi connectivity index (χ2n) is 4.06. The minimum absolute atomic E-state index is 0.663. The first kappa shape index (κ1) is 13.2. The van der Waals surface area contributed by atoms with Crippen LogP contribution in [0.4, 0.5) is 0 Å². The van der Waals surface area contributed by atoms with Crippen LogP contribution in [0.15, 0.2) is 42.2 Å². The second kappa shape index (κ2) is 6.12. The van der Waals surface area contributed by atoms with E-state index in [4.69, 9.17) is 11.6 Å². The van der Waals surface area contributed by atoms with Crippen LogP contribution in [0, 0.1) is 0 Å². The molecular weight excluding hydrogens is 264 g/mol. The normalized spacial score (nSPS) is 10.6. The van der Waals surface area contributed by atoms with Gasteiger partial charge in [-0.05, 0) is 17.4 Å². The standard InChI is InChI=1S/C14H15ClN2S/c1-10(15)7-11-3-4-13(12(8-11)9-18-2)14-16-5-6-17-14/h3-6,8H,1,7,9H2,2H3,(H,16,17). The van der Waals surface area contributed by atoms with E-state index in [2.05, 4.69) is 41.0 Å². The predicted molar refractivity (Wildman–Crippen MR) is 79.9 cm³/mol. The number of hydrogen-bond acceptors (Lipinski definition) is 2. The van der Waals surface area contributed by atoms with E-state index in [1.54, 1.807) is 18.0 Å². The Hall–Kier alpha value is -1.19. The number of benzene rings is 1. The monoisotopic (exact) mass is 278 g/mol. The van der Waals surface area contributed by atoms with Crippen molar-refractivity contribution in [3.05, 3.63) is 53.3 Å². The average Bonchev–Trinajstić information content (AvgIpc) is 2.82. The molecule has 0 atom stereocenters. The van der Waals surface area contributed by atoms with Crippen molar-refractivity contribution in [2.75, 3.05) is 6.26 Å². The van der Waals surface area contributed by atoms with Gasteiger partial charge in [-0.1, -0.05) is 36.4 Å². The number of H-pyrrole nitrogens is 1. The van der Waals surface area contributed by atoms with Gasteiger partial charge in [0.15, 0.2) is 0 Å². The molecule has 0 fully saturated rings. The summed E-state index contributed by atoms with van der Waals surface area (Å²) in [5.74, 6) is 1.87. The van der Waals surface area contributed by atoms with Gasteiger partial charge in [0.05, 0.1) is 0 Å². The highest BCUT2D eigenvalue weighted by Gasteiger charge is 2.08. The average molecular weight is 279 g/mol. The van der Waals surface area contributed by atoms with Crippen molar-refractivity contribution >= 4 is 23.4 Å². The van der Waals surface area contributed by atoms with Crippen LogP contribution < -0.4 is 0 Å². The first-order valence-corrected chi connectivity index (χ1v) is 7.41. The third-order valence-corrected chi connectivity index (χ3v) is 3.35. The number of nitrogens with zero attached hydrogens (tertiary/aromatic N) is 1. The Morgan fingerprint density at radius 3 is 2.94 bits per heavy atom. The Bertz CT molecular complexity index is 535. The van der Waals surface area contributed by atoms with E-state index in [-0.39, 0.29) is 0 Å². The smallest absolute Gasteiger partial charge is 0.137 e. The SMILES string of the molecule is C=C(Cl)Cc1ccc(-c2ncc[nH]2)c(CSC)c1. The van der Waals surface area contributed by atoms with Crippen LogP contribution >= 0.6 is 23.4 Å². The number of aromatic nitrogens is 2. The number of hydrogen-bond donors (Lipinski definition) is 1. The van der Waals surface area contributed by atoms with Gasteiger partial charge in [-0.15, -0.1) is 0 Å². The predicted octanol–water partition coefficient (Wildman–Crippen LogP) is 4.23. The Kier molecular flexibility index (Phi) is 4.50. The van der Waals surface area contributed by atoms with Gasteiger partial charge in [0, 0.05) is 35.2 Å². The van der Waals surface area contributed by atoms with E-state index in [0.29, 0.717) is 11.5 Å². The van der Waals surface area contributed by atoms with Crippen molar-refractivity contribution in [3.63, 3.8) is 0 Å². The molecule has 1 N–H and O–H groups in total. The summed E-state index contributed by atoms with van der Waals surface area (Å²) in [5, 5.41) is 0.663. The largest absolute Gasteiger partial charge is 0.345 e. The van der Waals surface area contributed by atoms with Crippen LogP contribution in [-0.4, -0.2) is 16.2 Å². The molecule has 0 saturated heterocycles. The number of nitrogens with one attached hydrogen (secondary N) is 1. The lowest BCUT2D eigenvalue weighted by molar-refractivity contribution is 1.21. The fourth-order valence-corrected chi connectivity index (χ4v) is 2.60. The van der Waals surface area contributed by atoms with E-state index < -0.39 is 0 Å². The highest BCUT2D eigenvalue weighted by molar-refractivity contribution is 7.97. The van der Waals surface area contributed by atoms with E-state index in [1.807, 2.05) is 6.20 Å². The molecule has 0 unspecified atom stereocenters. The zero-order valence-corrected chi connectivity index (χ0v) is 11.8. The number of rotatable bonds is 5. The molecule has 0 amide bonds. The quantitative estimate of drug-likeness (QED) is 0.886. The Balaban J connectivity index is 2.38. The Morgan fingerprint density at radius 2 is 2.33 bits per heavy atom. The summed E-state index contributed by atoms with van der Waals surface area (Å²) in [6.07, 6.45) is 6.42. The van der Waals surface area contributed by atoms with Gasteiger partial charge in [-0.25, -0.2) is 4.98 Å². The minimum Gasteiger partial charge on any atom is -0.345 e. The zero-order valence-electron chi connectivity index (χ0n) is 10.2. The first-order valence-electron chi connectivity index (χ1n) is 5.64. The summed E-state index contributed by atoms with van der Waals surface area (Å²) >= 11 is 7.66. The first-order chi connectivity index (χ1) is 8.70. The molecule has 18 heavy (non-hydrogen) atoms. The number of aromatic amines is 1. The number of allylic oxidation sites excluding steroid dienone is 1.